The Morgan fingerprint density at radius 1 is 1.18 bits per heavy atom. The summed E-state index contributed by atoms with van der Waals surface area (Å²) in [6.07, 6.45) is 1.03. The minimum absolute atomic E-state index is 0.113. The SMILES string of the molecule is C[C@@H]1CNCCN1c1nc(OC[C@@H]2CCN(C)C2)nc2nc(-c3c(O)cccc3F)c(F)cc12. The van der Waals surface area contributed by atoms with Crippen LogP contribution in [0.5, 0.6) is 11.8 Å². The molecule has 1 aromatic carbocycles. The summed E-state index contributed by atoms with van der Waals surface area (Å²) in [5, 5.41) is 13.9. The number of likely N-dealkylation sites (tertiary alicyclic amines) is 1. The van der Waals surface area contributed by atoms with Gasteiger partial charge in [0.1, 0.15) is 23.1 Å². The molecule has 180 valence electrons. The third kappa shape index (κ3) is 4.35. The van der Waals surface area contributed by atoms with Crippen LogP contribution in [0.1, 0.15) is 13.3 Å². The number of fused-ring (bicyclic) bond motifs is 1. The van der Waals surface area contributed by atoms with Crippen molar-refractivity contribution in [1.29, 1.82) is 0 Å². The molecule has 5 rings (SSSR count). The Bertz CT molecular complexity index is 1190. The lowest BCUT2D eigenvalue weighted by Crippen LogP contribution is -2.50. The largest absolute Gasteiger partial charge is 0.507 e. The van der Waals surface area contributed by atoms with Crippen LogP contribution in [0.3, 0.4) is 0 Å². The molecule has 2 aliphatic rings. The lowest BCUT2D eigenvalue weighted by molar-refractivity contribution is 0.233. The number of aromatic hydroxyl groups is 1. The average Bonchev–Trinajstić information content (AvgIpc) is 3.23. The van der Waals surface area contributed by atoms with E-state index in [1.54, 1.807) is 0 Å². The van der Waals surface area contributed by atoms with E-state index in [2.05, 4.69) is 44.0 Å². The molecule has 2 saturated heterocycles. The van der Waals surface area contributed by atoms with Crippen molar-refractivity contribution < 1.29 is 18.6 Å². The lowest BCUT2D eigenvalue weighted by atomic mass is 10.1. The smallest absolute Gasteiger partial charge is 0.320 e. The summed E-state index contributed by atoms with van der Waals surface area (Å²) in [5.74, 6) is -1.01. The van der Waals surface area contributed by atoms with Crippen molar-refractivity contribution in [2.75, 3.05) is 51.3 Å². The van der Waals surface area contributed by atoms with Gasteiger partial charge in [0.05, 0.1) is 17.6 Å². The third-order valence-corrected chi connectivity index (χ3v) is 6.54. The molecule has 2 atom stereocenters. The zero-order valence-electron chi connectivity index (χ0n) is 19.3. The molecule has 2 aromatic heterocycles. The Morgan fingerprint density at radius 3 is 2.76 bits per heavy atom. The van der Waals surface area contributed by atoms with Gasteiger partial charge < -0.3 is 25.0 Å². The number of phenolic OH excluding ortho intramolecular Hbond substituents is 1. The molecule has 0 radical (unpaired) electrons. The summed E-state index contributed by atoms with van der Waals surface area (Å²) in [6.45, 7) is 6.68. The first kappa shape index (κ1) is 22.7. The second-order valence-corrected chi connectivity index (χ2v) is 9.13. The van der Waals surface area contributed by atoms with Gasteiger partial charge in [0.2, 0.25) is 0 Å². The van der Waals surface area contributed by atoms with Crippen molar-refractivity contribution in [1.82, 2.24) is 25.2 Å². The summed E-state index contributed by atoms with van der Waals surface area (Å²) in [7, 11) is 2.08. The van der Waals surface area contributed by atoms with Crippen LogP contribution in [0.2, 0.25) is 0 Å². The third-order valence-electron chi connectivity index (χ3n) is 6.54. The van der Waals surface area contributed by atoms with Gasteiger partial charge in [-0.25, -0.2) is 13.8 Å². The molecule has 8 nitrogen and oxygen atoms in total. The molecule has 4 heterocycles. The maximum atomic E-state index is 15.2. The molecular weight excluding hydrogens is 442 g/mol. The number of phenols is 1. The standard InChI is InChI=1S/C24H28F2N6O2/c1-14-11-27-7-9-32(14)23-16-10-18(26)21(20-17(25)4-3-5-19(20)33)28-22(16)29-24(30-23)34-13-15-6-8-31(2)12-15/h3-5,10,14-15,27,33H,6-9,11-13H2,1-2H3/t14-,15-/m1/s1. The molecule has 10 heteroatoms. The number of rotatable bonds is 5. The van der Waals surface area contributed by atoms with Crippen LogP contribution in [-0.2, 0) is 0 Å². The number of piperazine rings is 1. The minimum Gasteiger partial charge on any atom is -0.507 e. The number of hydrogen-bond donors (Lipinski definition) is 2. The molecule has 0 saturated carbocycles. The molecule has 2 fully saturated rings. The highest BCUT2D eigenvalue weighted by molar-refractivity contribution is 5.90. The van der Waals surface area contributed by atoms with Crippen LogP contribution in [0.15, 0.2) is 24.3 Å². The summed E-state index contributed by atoms with van der Waals surface area (Å²) in [5.41, 5.74) is -0.410. The summed E-state index contributed by atoms with van der Waals surface area (Å²) < 4.78 is 35.7. The van der Waals surface area contributed by atoms with Crippen LogP contribution >= 0.6 is 0 Å². The van der Waals surface area contributed by atoms with E-state index in [-0.39, 0.29) is 29.0 Å². The Morgan fingerprint density at radius 2 is 2.03 bits per heavy atom. The number of hydrogen-bond acceptors (Lipinski definition) is 8. The monoisotopic (exact) mass is 470 g/mol. The molecule has 0 amide bonds. The topological polar surface area (TPSA) is 86.6 Å². The van der Waals surface area contributed by atoms with E-state index in [1.165, 1.54) is 18.2 Å². The fourth-order valence-corrected chi connectivity index (χ4v) is 4.71. The Balaban J connectivity index is 1.60. The molecule has 2 aliphatic heterocycles. The van der Waals surface area contributed by atoms with Gasteiger partial charge in [0.25, 0.3) is 0 Å². The van der Waals surface area contributed by atoms with Crippen LogP contribution in [0, 0.1) is 17.6 Å². The minimum atomic E-state index is -0.766. The van der Waals surface area contributed by atoms with E-state index in [0.29, 0.717) is 30.3 Å². The second kappa shape index (κ2) is 9.27. The van der Waals surface area contributed by atoms with E-state index in [4.69, 9.17) is 4.74 Å². The maximum absolute atomic E-state index is 15.2. The highest BCUT2D eigenvalue weighted by Gasteiger charge is 2.26. The molecule has 0 aliphatic carbocycles. The normalized spacial score (nSPS) is 21.4. The Hall–Kier alpha value is -3.11. The van der Waals surface area contributed by atoms with Gasteiger partial charge >= 0.3 is 6.01 Å². The quantitative estimate of drug-likeness (QED) is 0.589. The molecule has 0 spiro atoms. The maximum Gasteiger partial charge on any atom is 0.320 e. The van der Waals surface area contributed by atoms with Crippen molar-refractivity contribution in [2.24, 2.45) is 5.92 Å². The summed E-state index contributed by atoms with van der Waals surface area (Å²) in [4.78, 5) is 17.8. The number of nitrogens with one attached hydrogen (secondary N) is 1. The van der Waals surface area contributed by atoms with Gasteiger partial charge in [-0.1, -0.05) is 6.07 Å². The summed E-state index contributed by atoms with van der Waals surface area (Å²) in [6, 6.07) is 5.34. The van der Waals surface area contributed by atoms with Crippen molar-refractivity contribution in [3.8, 4) is 23.0 Å². The average molecular weight is 471 g/mol. The molecule has 0 unspecified atom stereocenters. The molecule has 3 aromatic rings. The van der Waals surface area contributed by atoms with Crippen LogP contribution in [-0.4, -0.2) is 77.4 Å². The van der Waals surface area contributed by atoms with E-state index in [0.717, 1.165) is 38.7 Å². The van der Waals surface area contributed by atoms with Gasteiger partial charge in [0, 0.05) is 38.1 Å². The molecule has 34 heavy (non-hydrogen) atoms. The highest BCUT2D eigenvalue weighted by Crippen LogP contribution is 2.36. The van der Waals surface area contributed by atoms with Crippen molar-refractivity contribution >= 4 is 16.9 Å². The van der Waals surface area contributed by atoms with Gasteiger partial charge in [0.15, 0.2) is 11.5 Å². The number of benzene rings is 1. The number of pyridine rings is 1. The van der Waals surface area contributed by atoms with Crippen molar-refractivity contribution in [2.45, 2.75) is 19.4 Å². The number of aromatic nitrogens is 3. The van der Waals surface area contributed by atoms with E-state index in [1.807, 2.05) is 0 Å². The predicted molar refractivity (Wildman–Crippen MR) is 125 cm³/mol. The zero-order valence-corrected chi connectivity index (χ0v) is 19.3. The van der Waals surface area contributed by atoms with Crippen LogP contribution in [0.4, 0.5) is 14.6 Å². The fourth-order valence-electron chi connectivity index (χ4n) is 4.71. The van der Waals surface area contributed by atoms with Gasteiger partial charge in [-0.15, -0.1) is 0 Å². The second-order valence-electron chi connectivity index (χ2n) is 9.13. The number of anilines is 1. The van der Waals surface area contributed by atoms with Gasteiger partial charge in [-0.3, -0.25) is 0 Å². The van der Waals surface area contributed by atoms with Crippen molar-refractivity contribution in [3.05, 3.63) is 35.9 Å². The van der Waals surface area contributed by atoms with E-state index >= 15 is 4.39 Å². The van der Waals surface area contributed by atoms with E-state index in [9.17, 15) is 9.50 Å². The fraction of sp³-hybridized carbons (Fsp3) is 0.458. The first-order valence-corrected chi connectivity index (χ1v) is 11.6. The first-order chi connectivity index (χ1) is 16.4. The van der Waals surface area contributed by atoms with Crippen LogP contribution in [0.25, 0.3) is 22.3 Å². The van der Waals surface area contributed by atoms with Crippen LogP contribution < -0.4 is 15.0 Å². The van der Waals surface area contributed by atoms with Crippen molar-refractivity contribution in [3.63, 3.8) is 0 Å². The predicted octanol–water partition coefficient (Wildman–Crippen LogP) is 2.80. The molecule has 0 bridgehead atoms. The lowest BCUT2D eigenvalue weighted by Gasteiger charge is -2.35. The number of ether oxygens (including phenoxy) is 1. The number of nitrogens with zero attached hydrogens (tertiary/aromatic N) is 5. The van der Waals surface area contributed by atoms with E-state index < -0.39 is 17.4 Å². The first-order valence-electron chi connectivity index (χ1n) is 11.6. The Kier molecular flexibility index (Phi) is 6.18. The zero-order chi connectivity index (χ0) is 23.8. The molecular formula is C24H28F2N6O2. The Labute approximate surface area is 196 Å². The van der Waals surface area contributed by atoms with Gasteiger partial charge in [-0.2, -0.15) is 9.97 Å². The summed E-state index contributed by atoms with van der Waals surface area (Å²) >= 11 is 0. The number of halogens is 2. The highest BCUT2D eigenvalue weighted by atomic mass is 19.1. The molecule has 2 N–H and O–H groups in total. The van der Waals surface area contributed by atoms with Gasteiger partial charge in [-0.05, 0) is 45.1 Å².